The van der Waals surface area contributed by atoms with Crippen LogP contribution in [0.5, 0.6) is 0 Å². The molecule has 2 N–H and O–H groups in total. The summed E-state index contributed by atoms with van der Waals surface area (Å²) in [7, 11) is 2.04. The van der Waals surface area contributed by atoms with Crippen LogP contribution in [-0.4, -0.2) is 48.5 Å². The Bertz CT molecular complexity index is 535. The number of likely N-dealkylation sites (tertiary alicyclic amines) is 1. The fraction of sp³-hybridized carbons (Fsp3) is 0.588. The maximum absolute atomic E-state index is 6.17. The molecule has 1 unspecified atom stereocenters. The molecule has 3 rings (SSSR count). The van der Waals surface area contributed by atoms with Crippen molar-refractivity contribution in [3.63, 3.8) is 0 Å². The molecule has 2 fully saturated rings. The molecule has 1 saturated heterocycles. The van der Waals surface area contributed by atoms with Crippen LogP contribution >= 0.6 is 11.6 Å². The number of hydrogen-bond acceptors (Lipinski definition) is 2. The van der Waals surface area contributed by atoms with Gasteiger partial charge in [-0.05, 0) is 56.5 Å². The van der Waals surface area contributed by atoms with E-state index in [1.54, 1.807) is 0 Å². The van der Waals surface area contributed by atoms with E-state index < -0.39 is 0 Å². The van der Waals surface area contributed by atoms with Crippen molar-refractivity contribution in [2.24, 2.45) is 10.7 Å². The molecule has 0 bridgehead atoms. The predicted molar refractivity (Wildman–Crippen MR) is 92.3 cm³/mol. The van der Waals surface area contributed by atoms with Gasteiger partial charge >= 0.3 is 0 Å². The molecule has 0 spiro atoms. The summed E-state index contributed by atoms with van der Waals surface area (Å²) in [6, 6.07) is 9.01. The number of benzene rings is 1. The van der Waals surface area contributed by atoms with Crippen molar-refractivity contribution < 1.29 is 0 Å². The molecule has 1 aromatic rings. The maximum atomic E-state index is 6.17. The Kier molecular flexibility index (Phi) is 4.89. The van der Waals surface area contributed by atoms with Crippen molar-refractivity contribution in [1.82, 2.24) is 9.80 Å². The van der Waals surface area contributed by atoms with Gasteiger partial charge in [-0.1, -0.05) is 23.7 Å². The lowest BCUT2D eigenvalue weighted by Gasteiger charge is -2.27. The summed E-state index contributed by atoms with van der Waals surface area (Å²) < 4.78 is 0. The molecule has 1 atom stereocenters. The molecule has 1 aliphatic heterocycles. The zero-order valence-electron chi connectivity index (χ0n) is 13.2. The third-order valence-corrected chi connectivity index (χ3v) is 4.93. The second kappa shape index (κ2) is 6.88. The summed E-state index contributed by atoms with van der Waals surface area (Å²) in [6.07, 6.45) is 4.99. The second-order valence-electron chi connectivity index (χ2n) is 6.35. The monoisotopic (exact) mass is 320 g/mol. The minimum atomic E-state index is 0.271. The first kappa shape index (κ1) is 15.6. The number of hydrogen-bond donors (Lipinski definition) is 1. The summed E-state index contributed by atoms with van der Waals surface area (Å²) in [5.41, 5.74) is 7.38. The van der Waals surface area contributed by atoms with E-state index in [2.05, 4.69) is 26.9 Å². The van der Waals surface area contributed by atoms with Gasteiger partial charge in [-0.25, -0.2) is 0 Å². The highest BCUT2D eigenvalue weighted by Gasteiger charge is 2.28. The van der Waals surface area contributed by atoms with Crippen molar-refractivity contribution in [3.05, 3.63) is 34.9 Å². The number of nitrogens with two attached hydrogens (primary N) is 1. The van der Waals surface area contributed by atoms with Gasteiger partial charge in [0, 0.05) is 18.1 Å². The Balaban J connectivity index is 1.74. The Hall–Kier alpha value is -1.26. The Labute approximate surface area is 137 Å². The molecule has 0 amide bonds. The van der Waals surface area contributed by atoms with Crippen LogP contribution in [-0.2, 0) is 0 Å². The van der Waals surface area contributed by atoms with Crippen LogP contribution in [0.25, 0.3) is 0 Å². The molecule has 0 aromatic heterocycles. The molecule has 1 aromatic carbocycles. The summed E-state index contributed by atoms with van der Waals surface area (Å²) in [6.45, 7) is 2.96. The minimum absolute atomic E-state index is 0.271. The van der Waals surface area contributed by atoms with Gasteiger partial charge in [-0.2, -0.15) is 0 Å². The lowest BCUT2D eigenvalue weighted by atomic mass is 10.1. The van der Waals surface area contributed by atoms with E-state index in [-0.39, 0.29) is 6.04 Å². The van der Waals surface area contributed by atoms with Crippen LogP contribution in [0.4, 0.5) is 0 Å². The Morgan fingerprint density at radius 3 is 2.77 bits per heavy atom. The normalized spacial score (nSPS) is 21.1. The van der Waals surface area contributed by atoms with Crippen molar-refractivity contribution in [2.45, 2.75) is 37.8 Å². The third kappa shape index (κ3) is 3.73. The fourth-order valence-corrected chi connectivity index (χ4v) is 3.34. The second-order valence-corrected chi connectivity index (χ2v) is 6.79. The van der Waals surface area contributed by atoms with Crippen molar-refractivity contribution >= 4 is 17.6 Å². The van der Waals surface area contributed by atoms with E-state index in [0.29, 0.717) is 18.5 Å². The number of halogens is 1. The molecule has 2 aliphatic rings. The number of nitrogens with zero attached hydrogens (tertiary/aromatic N) is 3. The van der Waals surface area contributed by atoms with Crippen molar-refractivity contribution in [1.29, 1.82) is 0 Å². The van der Waals surface area contributed by atoms with Crippen LogP contribution in [0.3, 0.4) is 0 Å². The molecular weight excluding hydrogens is 296 g/mol. The van der Waals surface area contributed by atoms with E-state index in [4.69, 9.17) is 17.3 Å². The van der Waals surface area contributed by atoms with Gasteiger partial charge in [-0.15, -0.1) is 0 Å². The lowest BCUT2D eigenvalue weighted by Crippen LogP contribution is -2.37. The van der Waals surface area contributed by atoms with Gasteiger partial charge < -0.3 is 10.6 Å². The highest BCUT2D eigenvalue weighted by molar-refractivity contribution is 6.30. The molecule has 0 radical (unpaired) electrons. The molecule has 1 saturated carbocycles. The van der Waals surface area contributed by atoms with Gasteiger partial charge in [0.05, 0.1) is 12.6 Å². The zero-order chi connectivity index (χ0) is 15.5. The van der Waals surface area contributed by atoms with Gasteiger partial charge in [0.15, 0.2) is 5.96 Å². The average Bonchev–Trinajstić information content (AvgIpc) is 3.23. The Morgan fingerprint density at radius 2 is 2.14 bits per heavy atom. The third-order valence-electron chi connectivity index (χ3n) is 4.70. The molecule has 1 heterocycles. The first-order valence-corrected chi connectivity index (χ1v) is 8.55. The number of rotatable bonds is 5. The largest absolute Gasteiger partial charge is 0.370 e. The first-order valence-electron chi connectivity index (χ1n) is 8.17. The summed E-state index contributed by atoms with van der Waals surface area (Å²) >= 11 is 6.17. The van der Waals surface area contributed by atoms with Crippen LogP contribution < -0.4 is 5.73 Å². The van der Waals surface area contributed by atoms with E-state index in [1.165, 1.54) is 31.2 Å². The van der Waals surface area contributed by atoms with Crippen molar-refractivity contribution in [3.8, 4) is 0 Å². The predicted octanol–water partition coefficient (Wildman–Crippen LogP) is 2.89. The van der Waals surface area contributed by atoms with E-state index in [1.807, 2.05) is 19.2 Å². The van der Waals surface area contributed by atoms with E-state index >= 15 is 0 Å². The van der Waals surface area contributed by atoms with Crippen LogP contribution in [0.15, 0.2) is 29.3 Å². The van der Waals surface area contributed by atoms with Gasteiger partial charge in [0.1, 0.15) is 0 Å². The Morgan fingerprint density at radius 1 is 1.41 bits per heavy atom. The topological polar surface area (TPSA) is 44.9 Å². The molecule has 4 nitrogen and oxygen atoms in total. The highest BCUT2D eigenvalue weighted by atomic mass is 35.5. The highest BCUT2D eigenvalue weighted by Crippen LogP contribution is 2.28. The molecule has 5 heteroatoms. The van der Waals surface area contributed by atoms with Gasteiger partial charge in [-0.3, -0.25) is 9.89 Å². The number of aliphatic imine (C=N–C) groups is 1. The van der Waals surface area contributed by atoms with Crippen LogP contribution in [0.1, 0.15) is 37.3 Å². The smallest absolute Gasteiger partial charge is 0.191 e. The van der Waals surface area contributed by atoms with Crippen molar-refractivity contribution in [2.75, 3.05) is 26.7 Å². The van der Waals surface area contributed by atoms with Gasteiger partial charge in [0.2, 0.25) is 0 Å². The lowest BCUT2D eigenvalue weighted by molar-refractivity contribution is 0.251. The first-order chi connectivity index (χ1) is 10.6. The zero-order valence-corrected chi connectivity index (χ0v) is 14.0. The summed E-state index contributed by atoms with van der Waals surface area (Å²) in [4.78, 5) is 9.28. The van der Waals surface area contributed by atoms with Crippen LogP contribution in [0, 0.1) is 0 Å². The summed E-state index contributed by atoms with van der Waals surface area (Å²) in [5.74, 6) is 0.661. The SMILES string of the molecule is CN(C(N)=NCC(c1cccc(Cl)c1)N1CCCC1)C1CC1. The molecule has 1 aliphatic carbocycles. The quantitative estimate of drug-likeness (QED) is 0.670. The number of guanidine groups is 1. The fourth-order valence-electron chi connectivity index (χ4n) is 3.14. The minimum Gasteiger partial charge on any atom is -0.370 e. The average molecular weight is 321 g/mol. The molecule has 22 heavy (non-hydrogen) atoms. The molecule has 120 valence electrons. The van der Waals surface area contributed by atoms with Gasteiger partial charge in [0.25, 0.3) is 0 Å². The molecular formula is C17H25ClN4. The maximum Gasteiger partial charge on any atom is 0.191 e. The van der Waals surface area contributed by atoms with E-state index in [0.717, 1.165) is 18.1 Å². The van der Waals surface area contributed by atoms with E-state index in [9.17, 15) is 0 Å². The standard InChI is InChI=1S/C17H25ClN4/c1-21(15-7-8-15)17(19)20-12-16(22-9-2-3-10-22)13-5-4-6-14(18)11-13/h4-6,11,15-16H,2-3,7-10,12H2,1H3,(H2,19,20). The summed E-state index contributed by atoms with van der Waals surface area (Å²) in [5, 5.41) is 0.786. The van der Waals surface area contributed by atoms with Crippen LogP contribution in [0.2, 0.25) is 5.02 Å².